The molecule has 2 nitrogen and oxygen atoms in total. The molecule has 2 heteroatoms. The highest BCUT2D eigenvalue weighted by Gasteiger charge is 2.33. The van der Waals surface area contributed by atoms with Crippen molar-refractivity contribution in [3.8, 4) is 0 Å². The van der Waals surface area contributed by atoms with E-state index in [1.807, 2.05) is 37.3 Å². The average Bonchev–Trinajstić information content (AvgIpc) is 2.19. The van der Waals surface area contributed by atoms with Crippen molar-refractivity contribution in [3.63, 3.8) is 0 Å². The third-order valence-corrected chi connectivity index (χ3v) is 2.72. The van der Waals surface area contributed by atoms with Gasteiger partial charge in [-0.3, -0.25) is 4.79 Å². The molecular weight excluding hydrogens is 176 g/mol. The lowest BCUT2D eigenvalue weighted by atomic mass is 9.88. The van der Waals surface area contributed by atoms with E-state index in [2.05, 4.69) is 0 Å². The Morgan fingerprint density at radius 2 is 2.00 bits per heavy atom. The Hall–Kier alpha value is -1.15. The Morgan fingerprint density at radius 3 is 2.64 bits per heavy atom. The van der Waals surface area contributed by atoms with Crippen LogP contribution in [0, 0.1) is 0 Å². The number of ketones is 1. The molecule has 0 bridgehead atoms. The fourth-order valence-corrected chi connectivity index (χ4v) is 1.88. The van der Waals surface area contributed by atoms with E-state index < -0.39 is 5.60 Å². The van der Waals surface area contributed by atoms with Gasteiger partial charge in [0, 0.05) is 12.8 Å². The summed E-state index contributed by atoms with van der Waals surface area (Å²) in [5, 5.41) is 0. The maximum atomic E-state index is 11.4. The number of carbonyl (C=O) groups excluding carboxylic acids is 1. The Balaban J connectivity index is 2.27. The van der Waals surface area contributed by atoms with E-state index in [9.17, 15) is 4.79 Å². The maximum absolute atomic E-state index is 11.4. The van der Waals surface area contributed by atoms with E-state index in [-0.39, 0.29) is 0 Å². The largest absolute Gasteiger partial charge is 0.370 e. The van der Waals surface area contributed by atoms with Crippen LogP contribution in [-0.2, 0) is 15.1 Å². The summed E-state index contributed by atoms with van der Waals surface area (Å²) in [7, 11) is 0. The van der Waals surface area contributed by atoms with Crippen LogP contribution in [0.5, 0.6) is 0 Å². The summed E-state index contributed by atoms with van der Waals surface area (Å²) in [5.74, 6) is 0.294. The fraction of sp³-hybridized carbons (Fsp3) is 0.417. The zero-order chi connectivity index (χ0) is 10.0. The lowest BCUT2D eigenvalue weighted by molar-refractivity contribution is -0.138. The molecule has 0 saturated carbocycles. The van der Waals surface area contributed by atoms with Crippen LogP contribution < -0.4 is 0 Å². The Bertz CT molecular complexity index is 331. The van der Waals surface area contributed by atoms with Gasteiger partial charge in [-0.1, -0.05) is 30.3 Å². The average molecular weight is 190 g/mol. The molecule has 2 rings (SSSR count). The zero-order valence-corrected chi connectivity index (χ0v) is 8.32. The number of benzene rings is 1. The van der Waals surface area contributed by atoms with Crippen molar-refractivity contribution in [2.24, 2.45) is 0 Å². The van der Waals surface area contributed by atoms with Crippen LogP contribution in [0.3, 0.4) is 0 Å². The van der Waals surface area contributed by atoms with E-state index in [1.165, 1.54) is 0 Å². The van der Waals surface area contributed by atoms with Gasteiger partial charge in [0.25, 0.3) is 0 Å². The van der Waals surface area contributed by atoms with Gasteiger partial charge >= 0.3 is 0 Å². The molecule has 0 radical (unpaired) electrons. The summed E-state index contributed by atoms with van der Waals surface area (Å²) in [6.07, 6.45) is 1.05. The topological polar surface area (TPSA) is 26.3 Å². The number of hydrogen-bond donors (Lipinski definition) is 0. The van der Waals surface area contributed by atoms with E-state index in [1.54, 1.807) is 0 Å². The van der Waals surface area contributed by atoms with Gasteiger partial charge in [0.05, 0.1) is 12.2 Å². The van der Waals surface area contributed by atoms with Crippen molar-refractivity contribution in [3.05, 3.63) is 35.9 Å². The molecule has 1 saturated heterocycles. The molecule has 0 N–H and O–H groups in total. The zero-order valence-electron chi connectivity index (χ0n) is 8.32. The highest BCUT2D eigenvalue weighted by atomic mass is 16.5. The van der Waals surface area contributed by atoms with E-state index in [4.69, 9.17) is 4.74 Å². The van der Waals surface area contributed by atoms with Crippen molar-refractivity contribution >= 4 is 5.78 Å². The number of ether oxygens (including phenoxy) is 1. The summed E-state index contributed by atoms with van der Waals surface area (Å²) in [5.41, 5.74) is 0.685. The minimum atomic E-state index is -0.406. The van der Waals surface area contributed by atoms with Gasteiger partial charge in [0.2, 0.25) is 0 Å². The molecule has 0 aromatic heterocycles. The molecule has 0 spiro atoms. The van der Waals surface area contributed by atoms with Crippen LogP contribution in [0.15, 0.2) is 30.3 Å². The van der Waals surface area contributed by atoms with Gasteiger partial charge in [-0.2, -0.15) is 0 Å². The van der Waals surface area contributed by atoms with Crippen LogP contribution in [0.4, 0.5) is 0 Å². The van der Waals surface area contributed by atoms with Crippen molar-refractivity contribution in [2.45, 2.75) is 25.4 Å². The summed E-state index contributed by atoms with van der Waals surface area (Å²) in [6, 6.07) is 9.95. The van der Waals surface area contributed by atoms with Crippen LogP contribution in [0.25, 0.3) is 0 Å². The first kappa shape index (κ1) is 9.41. The smallest absolute Gasteiger partial charge is 0.138 e. The van der Waals surface area contributed by atoms with E-state index >= 15 is 0 Å². The molecule has 1 heterocycles. The number of Topliss-reactive ketones (excluding diaryl/α,β-unsaturated/α-hetero) is 1. The molecular formula is C12H14O2. The summed E-state index contributed by atoms with van der Waals surface area (Å²) < 4.78 is 5.70. The van der Waals surface area contributed by atoms with Crippen LogP contribution in [0.1, 0.15) is 25.3 Å². The van der Waals surface area contributed by atoms with Crippen molar-refractivity contribution in [1.29, 1.82) is 0 Å². The van der Waals surface area contributed by atoms with Crippen molar-refractivity contribution < 1.29 is 9.53 Å². The van der Waals surface area contributed by atoms with Gasteiger partial charge in [0.15, 0.2) is 0 Å². The van der Waals surface area contributed by atoms with Gasteiger partial charge in [0.1, 0.15) is 5.78 Å². The molecule has 1 aromatic carbocycles. The summed E-state index contributed by atoms with van der Waals surface area (Å²) in [4.78, 5) is 11.4. The molecule has 0 amide bonds. The molecule has 1 aliphatic heterocycles. The highest BCUT2D eigenvalue weighted by Crippen LogP contribution is 2.32. The first-order valence-corrected chi connectivity index (χ1v) is 4.92. The molecule has 74 valence electrons. The van der Waals surface area contributed by atoms with Crippen LogP contribution in [-0.4, -0.2) is 12.4 Å². The predicted molar refractivity (Wildman–Crippen MR) is 54.0 cm³/mol. The van der Waals surface area contributed by atoms with E-state index in [0.29, 0.717) is 25.2 Å². The van der Waals surface area contributed by atoms with Crippen LogP contribution >= 0.6 is 0 Å². The number of carbonyl (C=O) groups is 1. The number of hydrogen-bond acceptors (Lipinski definition) is 2. The van der Waals surface area contributed by atoms with Crippen molar-refractivity contribution in [2.75, 3.05) is 6.61 Å². The Labute approximate surface area is 83.9 Å². The van der Waals surface area contributed by atoms with E-state index in [0.717, 1.165) is 5.56 Å². The standard InChI is InChI=1S/C12H14O2/c1-12(9-11(13)7-8-14-12)10-5-3-2-4-6-10/h2-6H,7-9H2,1H3. The van der Waals surface area contributed by atoms with Gasteiger partial charge in [-0.25, -0.2) is 0 Å². The summed E-state index contributed by atoms with van der Waals surface area (Å²) >= 11 is 0. The van der Waals surface area contributed by atoms with Gasteiger partial charge < -0.3 is 4.74 Å². The normalized spacial score (nSPS) is 27.6. The molecule has 1 atom stereocenters. The maximum Gasteiger partial charge on any atom is 0.138 e. The third kappa shape index (κ3) is 1.70. The van der Waals surface area contributed by atoms with Crippen molar-refractivity contribution in [1.82, 2.24) is 0 Å². The minimum absolute atomic E-state index is 0.294. The second-order valence-electron chi connectivity index (χ2n) is 3.91. The highest BCUT2D eigenvalue weighted by molar-refractivity contribution is 5.80. The first-order chi connectivity index (χ1) is 6.71. The monoisotopic (exact) mass is 190 g/mol. The quantitative estimate of drug-likeness (QED) is 0.679. The molecule has 1 unspecified atom stereocenters. The molecule has 1 fully saturated rings. The SMILES string of the molecule is CC1(c2ccccc2)CC(=O)CCO1. The molecule has 1 aliphatic rings. The predicted octanol–water partition coefficient (Wildman–Crippen LogP) is 2.28. The summed E-state index contributed by atoms with van der Waals surface area (Å²) in [6.45, 7) is 2.53. The lowest BCUT2D eigenvalue weighted by Gasteiger charge is -2.33. The Morgan fingerprint density at radius 1 is 1.29 bits per heavy atom. The lowest BCUT2D eigenvalue weighted by Crippen LogP contribution is -2.34. The van der Waals surface area contributed by atoms with Gasteiger partial charge in [-0.15, -0.1) is 0 Å². The minimum Gasteiger partial charge on any atom is -0.370 e. The molecule has 1 aromatic rings. The molecule has 14 heavy (non-hydrogen) atoms. The molecule has 0 aliphatic carbocycles. The second-order valence-corrected chi connectivity index (χ2v) is 3.91. The first-order valence-electron chi connectivity index (χ1n) is 4.92. The van der Waals surface area contributed by atoms with Crippen LogP contribution in [0.2, 0.25) is 0 Å². The van der Waals surface area contributed by atoms with Gasteiger partial charge in [-0.05, 0) is 12.5 Å². The fourth-order valence-electron chi connectivity index (χ4n) is 1.88. The Kier molecular flexibility index (Phi) is 2.38. The number of rotatable bonds is 1. The second kappa shape index (κ2) is 3.54. The third-order valence-electron chi connectivity index (χ3n) is 2.72.